The SMILES string of the molecule is O=C(/C=C/c1cc(Cl)ccc1-n1cnnn1)N[C@@H](Cc1ccccc1)C(=O)Nc1ccc(NC(=O)OC[C@H]2CCC(=O)O2)cc1. The van der Waals surface area contributed by atoms with E-state index in [1.807, 2.05) is 30.3 Å². The Labute approximate surface area is 262 Å². The predicted molar refractivity (Wildman–Crippen MR) is 164 cm³/mol. The first-order valence-electron chi connectivity index (χ1n) is 13.9. The highest BCUT2D eigenvalue weighted by Crippen LogP contribution is 2.21. The van der Waals surface area contributed by atoms with Crippen molar-refractivity contribution in [2.45, 2.75) is 31.4 Å². The number of nitrogens with zero attached hydrogens (tertiary/aromatic N) is 4. The minimum atomic E-state index is -0.916. The standard InChI is InChI=1S/C31H28ClN7O6/c32-22-7-13-27(39-19-33-37-38-39)21(17-22)6-14-28(40)36-26(16-20-4-2-1-3-5-20)30(42)34-23-8-10-24(11-9-23)35-31(43)44-18-25-12-15-29(41)45-25/h1-11,13-14,17,19,25-26H,12,15-16,18H2,(H,34,42)(H,35,43)(H,36,40)/b14-6+/t25-,26+/m1/s1. The number of anilines is 2. The van der Waals surface area contributed by atoms with Crippen LogP contribution in [0.5, 0.6) is 0 Å². The number of tetrazole rings is 1. The van der Waals surface area contributed by atoms with Gasteiger partial charge < -0.3 is 20.1 Å². The van der Waals surface area contributed by atoms with Crippen LogP contribution in [0.3, 0.4) is 0 Å². The second kappa shape index (κ2) is 14.8. The van der Waals surface area contributed by atoms with Crippen molar-refractivity contribution >= 4 is 52.9 Å². The summed E-state index contributed by atoms with van der Waals surface area (Å²) < 4.78 is 11.6. The average molecular weight is 630 g/mol. The number of hydrogen-bond acceptors (Lipinski definition) is 9. The third-order valence-electron chi connectivity index (χ3n) is 6.68. The van der Waals surface area contributed by atoms with E-state index in [-0.39, 0.29) is 19.0 Å². The lowest BCUT2D eigenvalue weighted by atomic mass is 10.0. The van der Waals surface area contributed by atoms with Crippen LogP contribution in [-0.2, 0) is 30.3 Å². The zero-order valence-electron chi connectivity index (χ0n) is 23.8. The molecule has 1 aliphatic heterocycles. The van der Waals surface area contributed by atoms with Gasteiger partial charge in [-0.2, -0.15) is 4.68 Å². The molecule has 0 bridgehead atoms. The summed E-state index contributed by atoms with van der Waals surface area (Å²) in [6.45, 7) is -0.0328. The van der Waals surface area contributed by atoms with Crippen molar-refractivity contribution in [1.29, 1.82) is 0 Å². The van der Waals surface area contributed by atoms with E-state index in [1.54, 1.807) is 48.5 Å². The molecular formula is C31H28ClN7O6. The van der Waals surface area contributed by atoms with E-state index in [4.69, 9.17) is 21.1 Å². The van der Waals surface area contributed by atoms with Gasteiger partial charge in [0.15, 0.2) is 0 Å². The Morgan fingerprint density at radius 1 is 1.04 bits per heavy atom. The molecule has 4 aromatic rings. The number of esters is 1. The molecule has 3 aromatic carbocycles. The van der Waals surface area contributed by atoms with Gasteiger partial charge in [0, 0.05) is 40.9 Å². The van der Waals surface area contributed by atoms with Gasteiger partial charge in [0.1, 0.15) is 25.1 Å². The Hall–Kier alpha value is -5.56. The van der Waals surface area contributed by atoms with Crippen molar-refractivity contribution < 1.29 is 28.7 Å². The molecule has 1 aliphatic rings. The molecule has 230 valence electrons. The quantitative estimate of drug-likeness (QED) is 0.164. The number of rotatable bonds is 11. The number of amides is 3. The van der Waals surface area contributed by atoms with Gasteiger partial charge in [-0.15, -0.1) is 5.10 Å². The number of carbonyl (C=O) groups is 4. The molecule has 45 heavy (non-hydrogen) atoms. The molecule has 1 saturated heterocycles. The number of carbonyl (C=O) groups excluding carboxylic acids is 4. The number of hydrogen-bond donors (Lipinski definition) is 3. The van der Waals surface area contributed by atoms with E-state index < -0.39 is 30.1 Å². The molecular weight excluding hydrogens is 602 g/mol. The fraction of sp³-hybridized carbons (Fsp3) is 0.194. The summed E-state index contributed by atoms with van der Waals surface area (Å²) in [6.07, 6.45) is 4.21. The Balaban J connectivity index is 1.21. The lowest BCUT2D eigenvalue weighted by molar-refractivity contribution is -0.142. The molecule has 1 fully saturated rings. The monoisotopic (exact) mass is 629 g/mol. The zero-order chi connectivity index (χ0) is 31.6. The third kappa shape index (κ3) is 8.97. The van der Waals surface area contributed by atoms with E-state index >= 15 is 0 Å². The highest BCUT2D eigenvalue weighted by atomic mass is 35.5. The summed E-state index contributed by atoms with van der Waals surface area (Å²) in [5.41, 5.74) is 2.93. The van der Waals surface area contributed by atoms with Crippen LogP contribution < -0.4 is 16.0 Å². The van der Waals surface area contributed by atoms with Crippen LogP contribution in [-0.4, -0.2) is 62.8 Å². The van der Waals surface area contributed by atoms with Crippen LogP contribution in [0, 0.1) is 0 Å². The number of ether oxygens (including phenoxy) is 2. The molecule has 5 rings (SSSR count). The fourth-order valence-electron chi connectivity index (χ4n) is 4.47. The number of nitrogens with one attached hydrogen (secondary N) is 3. The summed E-state index contributed by atoms with van der Waals surface area (Å²) in [6, 6.07) is 19.8. The summed E-state index contributed by atoms with van der Waals surface area (Å²) in [4.78, 5) is 49.7. The predicted octanol–water partition coefficient (Wildman–Crippen LogP) is 3.95. The number of benzene rings is 3. The van der Waals surface area contributed by atoms with Crippen molar-refractivity contribution in [3.63, 3.8) is 0 Å². The van der Waals surface area contributed by atoms with E-state index in [0.29, 0.717) is 40.5 Å². The van der Waals surface area contributed by atoms with E-state index in [9.17, 15) is 19.2 Å². The highest BCUT2D eigenvalue weighted by molar-refractivity contribution is 6.30. The van der Waals surface area contributed by atoms with E-state index in [1.165, 1.54) is 17.1 Å². The number of cyclic esters (lactones) is 1. The van der Waals surface area contributed by atoms with Crippen molar-refractivity contribution in [3.05, 3.63) is 101 Å². The first kappa shape index (κ1) is 30.9. The Kier molecular flexibility index (Phi) is 10.1. The molecule has 0 radical (unpaired) electrons. The van der Waals surface area contributed by atoms with Gasteiger partial charge in [0.25, 0.3) is 0 Å². The van der Waals surface area contributed by atoms with Gasteiger partial charge in [0.05, 0.1) is 5.69 Å². The minimum absolute atomic E-state index is 0.0328. The van der Waals surface area contributed by atoms with Crippen molar-refractivity contribution in [1.82, 2.24) is 25.5 Å². The normalized spacial score (nSPS) is 14.9. The maximum atomic E-state index is 13.4. The Morgan fingerprint density at radius 2 is 1.80 bits per heavy atom. The molecule has 3 N–H and O–H groups in total. The first-order chi connectivity index (χ1) is 21.8. The van der Waals surface area contributed by atoms with Gasteiger partial charge in [-0.25, -0.2) is 4.79 Å². The maximum Gasteiger partial charge on any atom is 0.411 e. The maximum absolute atomic E-state index is 13.4. The largest absolute Gasteiger partial charge is 0.459 e. The molecule has 0 unspecified atom stereocenters. The number of aromatic nitrogens is 4. The summed E-state index contributed by atoms with van der Waals surface area (Å²) in [5.74, 6) is -1.25. The lowest BCUT2D eigenvalue weighted by Gasteiger charge is -2.18. The summed E-state index contributed by atoms with van der Waals surface area (Å²) in [7, 11) is 0. The lowest BCUT2D eigenvalue weighted by Crippen LogP contribution is -2.44. The third-order valence-corrected chi connectivity index (χ3v) is 6.92. The van der Waals surface area contributed by atoms with Gasteiger partial charge in [-0.3, -0.25) is 19.7 Å². The van der Waals surface area contributed by atoms with Crippen molar-refractivity contribution in [3.8, 4) is 5.69 Å². The first-order valence-corrected chi connectivity index (χ1v) is 14.3. The molecule has 2 heterocycles. The van der Waals surface area contributed by atoms with Crippen LogP contribution in [0.25, 0.3) is 11.8 Å². The molecule has 3 amide bonds. The Bertz CT molecular complexity index is 1680. The fourth-order valence-corrected chi connectivity index (χ4v) is 4.65. The van der Waals surface area contributed by atoms with Gasteiger partial charge in [0.2, 0.25) is 11.8 Å². The average Bonchev–Trinajstić information content (AvgIpc) is 3.72. The van der Waals surface area contributed by atoms with Crippen LogP contribution in [0.2, 0.25) is 5.02 Å². The second-order valence-corrected chi connectivity index (χ2v) is 10.4. The van der Waals surface area contributed by atoms with Crippen molar-refractivity contribution in [2.24, 2.45) is 0 Å². The van der Waals surface area contributed by atoms with Gasteiger partial charge in [-0.05, 0) is 71.0 Å². The molecule has 14 heteroatoms. The topological polar surface area (TPSA) is 166 Å². The summed E-state index contributed by atoms with van der Waals surface area (Å²) >= 11 is 6.17. The highest BCUT2D eigenvalue weighted by Gasteiger charge is 2.25. The summed E-state index contributed by atoms with van der Waals surface area (Å²) in [5, 5.41) is 19.8. The molecule has 13 nitrogen and oxygen atoms in total. The van der Waals surface area contributed by atoms with E-state index in [0.717, 1.165) is 5.56 Å². The van der Waals surface area contributed by atoms with Crippen LogP contribution in [0.15, 0.2) is 85.2 Å². The zero-order valence-corrected chi connectivity index (χ0v) is 24.5. The molecule has 2 atom stereocenters. The van der Waals surface area contributed by atoms with Crippen molar-refractivity contribution in [2.75, 3.05) is 17.2 Å². The van der Waals surface area contributed by atoms with Crippen LogP contribution in [0.1, 0.15) is 24.0 Å². The molecule has 0 aliphatic carbocycles. The van der Waals surface area contributed by atoms with E-state index in [2.05, 4.69) is 31.5 Å². The minimum Gasteiger partial charge on any atom is -0.459 e. The smallest absolute Gasteiger partial charge is 0.411 e. The van der Waals surface area contributed by atoms with Gasteiger partial charge in [-0.1, -0.05) is 41.9 Å². The van der Waals surface area contributed by atoms with Gasteiger partial charge >= 0.3 is 12.1 Å². The Morgan fingerprint density at radius 3 is 2.49 bits per heavy atom. The van der Waals surface area contributed by atoms with Crippen LogP contribution >= 0.6 is 11.6 Å². The molecule has 0 spiro atoms. The second-order valence-electron chi connectivity index (χ2n) is 9.98. The number of halogens is 1. The molecule has 0 saturated carbocycles. The van der Waals surface area contributed by atoms with Crippen LogP contribution in [0.4, 0.5) is 16.2 Å². The molecule has 1 aromatic heterocycles.